The van der Waals surface area contributed by atoms with E-state index in [1.54, 1.807) is 12.1 Å². The molecule has 1 unspecified atom stereocenters. The Morgan fingerprint density at radius 2 is 2.29 bits per heavy atom. The summed E-state index contributed by atoms with van der Waals surface area (Å²) in [7, 11) is -3.02. The second kappa shape index (κ2) is 5.24. The SMILES string of the molecule is O=C(NC1CCS(=O)(=O)C1)c1ccnc(-n2cncn2)c1. The summed E-state index contributed by atoms with van der Waals surface area (Å²) < 4.78 is 24.2. The van der Waals surface area contributed by atoms with Crippen molar-refractivity contribution in [2.24, 2.45) is 0 Å². The molecule has 0 radical (unpaired) electrons. The number of pyridine rings is 1. The number of sulfone groups is 1. The van der Waals surface area contributed by atoms with Crippen LogP contribution in [0.25, 0.3) is 5.82 Å². The normalized spacial score (nSPS) is 20.3. The van der Waals surface area contributed by atoms with Gasteiger partial charge >= 0.3 is 0 Å². The second-order valence-electron chi connectivity index (χ2n) is 4.82. The average Bonchev–Trinajstić information content (AvgIpc) is 3.09. The Kier molecular flexibility index (Phi) is 3.42. The summed E-state index contributed by atoms with van der Waals surface area (Å²) in [6, 6.07) is 2.82. The molecule has 8 nitrogen and oxygen atoms in total. The van der Waals surface area contributed by atoms with Gasteiger partial charge in [0.1, 0.15) is 12.7 Å². The van der Waals surface area contributed by atoms with E-state index in [1.807, 2.05) is 0 Å². The Morgan fingerprint density at radius 3 is 2.95 bits per heavy atom. The number of carbonyl (C=O) groups is 1. The third-order valence-electron chi connectivity index (χ3n) is 3.23. The van der Waals surface area contributed by atoms with Crippen molar-refractivity contribution in [1.29, 1.82) is 0 Å². The number of amides is 1. The van der Waals surface area contributed by atoms with Crippen LogP contribution in [0.5, 0.6) is 0 Å². The van der Waals surface area contributed by atoms with Crippen LogP contribution in [0.2, 0.25) is 0 Å². The molecular formula is C12H13N5O3S. The van der Waals surface area contributed by atoms with Crippen LogP contribution in [0.4, 0.5) is 0 Å². The minimum absolute atomic E-state index is 0.000241. The van der Waals surface area contributed by atoms with Crippen molar-refractivity contribution < 1.29 is 13.2 Å². The van der Waals surface area contributed by atoms with Crippen LogP contribution in [-0.2, 0) is 9.84 Å². The first-order chi connectivity index (χ1) is 10.0. The fourth-order valence-electron chi connectivity index (χ4n) is 2.19. The molecule has 0 saturated carbocycles. The number of hydrogen-bond acceptors (Lipinski definition) is 6. The van der Waals surface area contributed by atoms with Crippen molar-refractivity contribution in [2.75, 3.05) is 11.5 Å². The maximum absolute atomic E-state index is 12.2. The smallest absolute Gasteiger partial charge is 0.251 e. The van der Waals surface area contributed by atoms with Gasteiger partial charge in [0, 0.05) is 17.8 Å². The van der Waals surface area contributed by atoms with Crippen molar-refractivity contribution in [1.82, 2.24) is 25.1 Å². The minimum atomic E-state index is -3.02. The Balaban J connectivity index is 1.75. The van der Waals surface area contributed by atoms with E-state index in [4.69, 9.17) is 0 Å². The first-order valence-electron chi connectivity index (χ1n) is 6.36. The van der Waals surface area contributed by atoms with Crippen LogP contribution in [0, 0.1) is 0 Å². The average molecular weight is 307 g/mol. The molecule has 0 aliphatic carbocycles. The summed E-state index contributed by atoms with van der Waals surface area (Å²) in [5, 5.41) is 6.67. The van der Waals surface area contributed by atoms with Gasteiger partial charge in [-0.05, 0) is 18.6 Å². The largest absolute Gasteiger partial charge is 0.348 e. The van der Waals surface area contributed by atoms with Gasteiger partial charge in [0.25, 0.3) is 5.91 Å². The molecule has 1 fully saturated rings. The molecule has 1 amide bonds. The van der Waals surface area contributed by atoms with Crippen LogP contribution in [0.15, 0.2) is 31.0 Å². The molecular weight excluding hydrogens is 294 g/mol. The van der Waals surface area contributed by atoms with Gasteiger partial charge in [0.2, 0.25) is 0 Å². The van der Waals surface area contributed by atoms with Crippen molar-refractivity contribution in [2.45, 2.75) is 12.5 Å². The molecule has 1 aliphatic rings. The highest BCUT2D eigenvalue weighted by atomic mass is 32.2. The third-order valence-corrected chi connectivity index (χ3v) is 5.00. The molecule has 1 saturated heterocycles. The number of nitrogens with one attached hydrogen (secondary N) is 1. The fourth-order valence-corrected chi connectivity index (χ4v) is 3.86. The van der Waals surface area contributed by atoms with E-state index in [0.717, 1.165) is 0 Å². The Morgan fingerprint density at radius 1 is 1.43 bits per heavy atom. The first kappa shape index (κ1) is 13.7. The van der Waals surface area contributed by atoms with Gasteiger partial charge in [-0.3, -0.25) is 4.79 Å². The standard InChI is InChI=1S/C12H13N5O3S/c18-12(16-10-2-4-21(19,20)6-10)9-1-3-14-11(5-9)17-8-13-7-15-17/h1,3,5,7-8,10H,2,4,6H2,(H,16,18). The molecule has 0 bridgehead atoms. The van der Waals surface area contributed by atoms with Gasteiger partial charge in [-0.15, -0.1) is 0 Å². The topological polar surface area (TPSA) is 107 Å². The highest BCUT2D eigenvalue weighted by Gasteiger charge is 2.29. The van der Waals surface area contributed by atoms with Gasteiger partial charge in [0.15, 0.2) is 15.7 Å². The van der Waals surface area contributed by atoms with Crippen molar-refractivity contribution in [3.63, 3.8) is 0 Å². The maximum Gasteiger partial charge on any atom is 0.251 e. The summed E-state index contributed by atoms with van der Waals surface area (Å²) >= 11 is 0. The van der Waals surface area contributed by atoms with E-state index in [9.17, 15) is 13.2 Å². The monoisotopic (exact) mass is 307 g/mol. The maximum atomic E-state index is 12.2. The Bertz CT molecular complexity index is 757. The minimum Gasteiger partial charge on any atom is -0.348 e. The van der Waals surface area contributed by atoms with Crippen molar-refractivity contribution in [3.8, 4) is 5.82 Å². The first-order valence-corrected chi connectivity index (χ1v) is 8.18. The quantitative estimate of drug-likeness (QED) is 0.825. The number of nitrogens with zero attached hydrogens (tertiary/aromatic N) is 4. The van der Waals surface area contributed by atoms with Gasteiger partial charge in [0.05, 0.1) is 11.5 Å². The summed E-state index contributed by atoms with van der Waals surface area (Å²) in [5.41, 5.74) is 0.403. The number of hydrogen-bond donors (Lipinski definition) is 1. The van der Waals surface area contributed by atoms with Crippen molar-refractivity contribution >= 4 is 15.7 Å². The summed E-state index contributed by atoms with van der Waals surface area (Å²) in [4.78, 5) is 20.1. The lowest BCUT2D eigenvalue weighted by Crippen LogP contribution is -2.35. The van der Waals surface area contributed by atoms with E-state index < -0.39 is 9.84 Å². The Labute approximate surface area is 121 Å². The summed E-state index contributed by atoms with van der Waals surface area (Å²) in [6.07, 6.45) is 4.80. The third kappa shape index (κ3) is 3.07. The Hall–Kier alpha value is -2.29. The predicted octanol–water partition coefficient (Wildman–Crippen LogP) is -0.421. The molecule has 3 heterocycles. The van der Waals surface area contributed by atoms with Crippen LogP contribution >= 0.6 is 0 Å². The molecule has 1 atom stereocenters. The number of aromatic nitrogens is 4. The molecule has 2 aromatic rings. The van der Waals surface area contributed by atoms with Gasteiger partial charge in [-0.25, -0.2) is 23.1 Å². The van der Waals surface area contributed by atoms with Gasteiger partial charge in [-0.1, -0.05) is 0 Å². The molecule has 0 spiro atoms. The fraction of sp³-hybridized carbons (Fsp3) is 0.333. The van der Waals surface area contributed by atoms with E-state index in [1.165, 1.54) is 23.5 Å². The molecule has 9 heteroatoms. The molecule has 0 aromatic carbocycles. The molecule has 1 N–H and O–H groups in total. The lowest BCUT2D eigenvalue weighted by molar-refractivity contribution is 0.0941. The zero-order valence-electron chi connectivity index (χ0n) is 11.0. The molecule has 3 rings (SSSR count). The highest BCUT2D eigenvalue weighted by Crippen LogP contribution is 2.12. The predicted molar refractivity (Wildman–Crippen MR) is 73.7 cm³/mol. The molecule has 1 aliphatic heterocycles. The van der Waals surface area contributed by atoms with Crippen LogP contribution in [-0.4, -0.2) is 51.6 Å². The molecule has 21 heavy (non-hydrogen) atoms. The van der Waals surface area contributed by atoms with E-state index in [-0.39, 0.29) is 23.5 Å². The number of rotatable bonds is 3. The van der Waals surface area contributed by atoms with E-state index in [2.05, 4.69) is 20.4 Å². The van der Waals surface area contributed by atoms with Gasteiger partial charge in [-0.2, -0.15) is 5.10 Å². The molecule has 2 aromatic heterocycles. The van der Waals surface area contributed by atoms with Crippen LogP contribution in [0.3, 0.4) is 0 Å². The zero-order valence-corrected chi connectivity index (χ0v) is 11.8. The lowest BCUT2D eigenvalue weighted by atomic mass is 10.2. The van der Waals surface area contributed by atoms with E-state index >= 15 is 0 Å². The number of carbonyl (C=O) groups excluding carboxylic acids is 1. The van der Waals surface area contributed by atoms with Crippen LogP contribution in [0.1, 0.15) is 16.8 Å². The second-order valence-corrected chi connectivity index (χ2v) is 7.04. The summed E-state index contributed by atoms with van der Waals surface area (Å²) in [5.74, 6) is 0.276. The van der Waals surface area contributed by atoms with E-state index in [0.29, 0.717) is 17.8 Å². The highest BCUT2D eigenvalue weighted by molar-refractivity contribution is 7.91. The summed E-state index contributed by atoms with van der Waals surface area (Å²) in [6.45, 7) is 0. The molecule has 110 valence electrons. The van der Waals surface area contributed by atoms with Gasteiger partial charge < -0.3 is 5.32 Å². The lowest BCUT2D eigenvalue weighted by Gasteiger charge is -2.11. The van der Waals surface area contributed by atoms with Crippen LogP contribution < -0.4 is 5.32 Å². The zero-order chi connectivity index (χ0) is 14.9. The van der Waals surface area contributed by atoms with Crippen molar-refractivity contribution in [3.05, 3.63) is 36.5 Å².